The van der Waals surface area contributed by atoms with Crippen molar-refractivity contribution < 1.29 is 9.90 Å². The molecular weight excluding hydrogens is 176 g/mol. The first-order valence-corrected chi connectivity index (χ1v) is 5.67. The van der Waals surface area contributed by atoms with Crippen molar-refractivity contribution in [1.82, 2.24) is 0 Å². The van der Waals surface area contributed by atoms with Crippen LogP contribution in [0.2, 0.25) is 0 Å². The van der Waals surface area contributed by atoms with Crippen LogP contribution in [0.5, 0.6) is 0 Å². The molecule has 2 heteroatoms. The Bertz CT molecular complexity index is 200. The molecule has 0 saturated heterocycles. The van der Waals surface area contributed by atoms with Gasteiger partial charge < -0.3 is 5.11 Å². The van der Waals surface area contributed by atoms with Crippen molar-refractivity contribution >= 4 is 5.97 Å². The van der Waals surface area contributed by atoms with Crippen LogP contribution < -0.4 is 0 Å². The fourth-order valence-corrected chi connectivity index (χ4v) is 2.43. The molecule has 1 aliphatic carbocycles. The van der Waals surface area contributed by atoms with Gasteiger partial charge in [-0.15, -0.1) is 0 Å². The molecule has 1 aliphatic rings. The van der Waals surface area contributed by atoms with Crippen LogP contribution in [0.15, 0.2) is 0 Å². The van der Waals surface area contributed by atoms with E-state index in [9.17, 15) is 4.79 Å². The second-order valence-corrected chi connectivity index (χ2v) is 5.44. The van der Waals surface area contributed by atoms with Gasteiger partial charge in [0.15, 0.2) is 0 Å². The molecule has 0 aromatic heterocycles. The van der Waals surface area contributed by atoms with Gasteiger partial charge in [-0.3, -0.25) is 4.79 Å². The first-order chi connectivity index (χ1) is 6.44. The molecular formula is C12H22O2. The van der Waals surface area contributed by atoms with E-state index in [1.165, 1.54) is 6.42 Å². The maximum atomic E-state index is 11.0. The number of rotatable bonds is 3. The van der Waals surface area contributed by atoms with Gasteiger partial charge >= 0.3 is 5.97 Å². The zero-order chi connectivity index (χ0) is 10.8. The highest BCUT2D eigenvalue weighted by molar-refractivity contribution is 5.74. The molecule has 0 atom stereocenters. The van der Waals surface area contributed by atoms with Crippen LogP contribution in [0.25, 0.3) is 0 Å². The van der Waals surface area contributed by atoms with E-state index in [1.54, 1.807) is 0 Å². The molecule has 1 rings (SSSR count). The highest BCUT2D eigenvalue weighted by Crippen LogP contribution is 2.40. The van der Waals surface area contributed by atoms with Crippen molar-refractivity contribution in [3.05, 3.63) is 0 Å². The third-order valence-corrected chi connectivity index (χ3v) is 3.53. The molecule has 0 aromatic carbocycles. The second kappa shape index (κ2) is 4.33. The SMILES string of the molecule is CC(C)CC1CCC(C)(C(=O)O)CC1. The lowest BCUT2D eigenvalue weighted by Gasteiger charge is -2.34. The summed E-state index contributed by atoms with van der Waals surface area (Å²) in [6.45, 7) is 6.37. The third-order valence-electron chi connectivity index (χ3n) is 3.53. The molecule has 1 fully saturated rings. The quantitative estimate of drug-likeness (QED) is 0.755. The second-order valence-electron chi connectivity index (χ2n) is 5.44. The van der Waals surface area contributed by atoms with Crippen LogP contribution in [0.4, 0.5) is 0 Å². The Hall–Kier alpha value is -0.530. The molecule has 0 unspecified atom stereocenters. The van der Waals surface area contributed by atoms with Crippen molar-refractivity contribution in [2.45, 2.75) is 52.9 Å². The fraction of sp³-hybridized carbons (Fsp3) is 0.917. The highest BCUT2D eigenvalue weighted by Gasteiger charge is 2.37. The highest BCUT2D eigenvalue weighted by atomic mass is 16.4. The molecule has 0 bridgehead atoms. The summed E-state index contributed by atoms with van der Waals surface area (Å²) in [5.74, 6) is 0.900. The van der Waals surface area contributed by atoms with Gasteiger partial charge in [0.05, 0.1) is 5.41 Å². The van der Waals surface area contributed by atoms with E-state index in [0.717, 1.165) is 37.5 Å². The number of hydrogen-bond donors (Lipinski definition) is 1. The summed E-state index contributed by atoms with van der Waals surface area (Å²) < 4.78 is 0. The lowest BCUT2D eigenvalue weighted by atomic mass is 9.70. The predicted molar refractivity (Wildman–Crippen MR) is 57.2 cm³/mol. The summed E-state index contributed by atoms with van der Waals surface area (Å²) in [7, 11) is 0. The van der Waals surface area contributed by atoms with Gasteiger partial charge in [-0.2, -0.15) is 0 Å². The Balaban J connectivity index is 2.42. The topological polar surface area (TPSA) is 37.3 Å². The number of carboxylic acid groups (broad SMARTS) is 1. The van der Waals surface area contributed by atoms with Crippen molar-refractivity contribution in [3.63, 3.8) is 0 Å². The summed E-state index contributed by atoms with van der Waals surface area (Å²) in [5, 5.41) is 9.07. The number of aliphatic carboxylic acids is 1. The van der Waals surface area contributed by atoms with Gasteiger partial charge in [-0.1, -0.05) is 13.8 Å². The monoisotopic (exact) mass is 198 g/mol. The molecule has 0 aliphatic heterocycles. The third kappa shape index (κ3) is 2.73. The number of hydrogen-bond acceptors (Lipinski definition) is 1. The van der Waals surface area contributed by atoms with E-state index < -0.39 is 11.4 Å². The Morgan fingerprint density at radius 1 is 1.43 bits per heavy atom. The van der Waals surface area contributed by atoms with Crippen LogP contribution in [0.3, 0.4) is 0 Å². The number of carbonyl (C=O) groups is 1. The molecule has 0 radical (unpaired) electrons. The van der Waals surface area contributed by atoms with Crippen LogP contribution in [0.1, 0.15) is 52.9 Å². The minimum absolute atomic E-state index is 0.437. The van der Waals surface area contributed by atoms with Crippen LogP contribution in [-0.2, 0) is 4.79 Å². The van der Waals surface area contributed by atoms with Gasteiger partial charge in [0, 0.05) is 0 Å². The molecule has 0 amide bonds. The van der Waals surface area contributed by atoms with E-state index >= 15 is 0 Å². The fourth-order valence-electron chi connectivity index (χ4n) is 2.43. The molecule has 14 heavy (non-hydrogen) atoms. The van der Waals surface area contributed by atoms with E-state index in [4.69, 9.17) is 5.11 Å². The van der Waals surface area contributed by atoms with E-state index in [2.05, 4.69) is 13.8 Å². The Kier molecular flexibility index (Phi) is 3.57. The van der Waals surface area contributed by atoms with Gasteiger partial charge in [0.25, 0.3) is 0 Å². The lowest BCUT2D eigenvalue weighted by molar-refractivity contribution is -0.150. The van der Waals surface area contributed by atoms with Gasteiger partial charge in [0.2, 0.25) is 0 Å². The average molecular weight is 198 g/mol. The normalized spacial score (nSPS) is 33.3. The van der Waals surface area contributed by atoms with Crippen LogP contribution >= 0.6 is 0 Å². The Morgan fingerprint density at radius 3 is 2.29 bits per heavy atom. The zero-order valence-electron chi connectivity index (χ0n) is 9.55. The Morgan fingerprint density at radius 2 is 1.93 bits per heavy atom. The van der Waals surface area contributed by atoms with Crippen molar-refractivity contribution in [3.8, 4) is 0 Å². The lowest BCUT2D eigenvalue weighted by Crippen LogP contribution is -2.32. The van der Waals surface area contributed by atoms with Gasteiger partial charge in [0.1, 0.15) is 0 Å². The van der Waals surface area contributed by atoms with Crippen molar-refractivity contribution in [2.75, 3.05) is 0 Å². The molecule has 1 N–H and O–H groups in total. The molecule has 0 spiro atoms. The number of carboxylic acids is 1. The smallest absolute Gasteiger partial charge is 0.309 e. The average Bonchev–Trinajstić information content (AvgIpc) is 2.08. The summed E-state index contributed by atoms with van der Waals surface area (Å²) in [4.78, 5) is 11.0. The summed E-state index contributed by atoms with van der Waals surface area (Å²) in [6, 6.07) is 0. The van der Waals surface area contributed by atoms with Crippen LogP contribution in [0, 0.1) is 17.3 Å². The molecule has 1 saturated carbocycles. The van der Waals surface area contributed by atoms with Crippen molar-refractivity contribution in [2.24, 2.45) is 17.3 Å². The van der Waals surface area contributed by atoms with E-state index in [-0.39, 0.29) is 0 Å². The first kappa shape index (κ1) is 11.5. The van der Waals surface area contributed by atoms with E-state index in [1.807, 2.05) is 6.92 Å². The molecule has 0 aromatic rings. The minimum Gasteiger partial charge on any atom is -0.481 e. The summed E-state index contributed by atoms with van der Waals surface area (Å²) >= 11 is 0. The zero-order valence-corrected chi connectivity index (χ0v) is 9.55. The summed E-state index contributed by atoms with van der Waals surface area (Å²) in [5.41, 5.74) is -0.437. The first-order valence-electron chi connectivity index (χ1n) is 5.67. The predicted octanol–water partition coefficient (Wildman–Crippen LogP) is 3.31. The Labute approximate surface area is 86.7 Å². The maximum absolute atomic E-state index is 11.0. The maximum Gasteiger partial charge on any atom is 0.309 e. The van der Waals surface area contributed by atoms with Gasteiger partial charge in [-0.25, -0.2) is 0 Å². The minimum atomic E-state index is -0.611. The standard InChI is InChI=1S/C12H22O2/c1-9(2)8-10-4-6-12(3,7-5-10)11(13)14/h9-10H,4-8H2,1-3H3,(H,13,14). The molecule has 2 nitrogen and oxygen atoms in total. The molecule has 0 heterocycles. The van der Waals surface area contributed by atoms with Crippen LogP contribution in [-0.4, -0.2) is 11.1 Å². The van der Waals surface area contributed by atoms with Crippen molar-refractivity contribution in [1.29, 1.82) is 0 Å². The largest absolute Gasteiger partial charge is 0.481 e. The summed E-state index contributed by atoms with van der Waals surface area (Å²) in [6.07, 6.45) is 5.18. The molecule has 82 valence electrons. The van der Waals surface area contributed by atoms with E-state index in [0.29, 0.717) is 0 Å². The van der Waals surface area contributed by atoms with Gasteiger partial charge in [-0.05, 0) is 50.9 Å².